The molecule has 1 saturated carbocycles. The Bertz CT molecular complexity index is 1840. The van der Waals surface area contributed by atoms with Crippen LogP contribution in [-0.4, -0.2) is 44.0 Å². The fourth-order valence-electron chi connectivity index (χ4n) is 5.50. The number of H-pyrrole nitrogens is 1. The number of aromatic amines is 1. The minimum Gasteiger partial charge on any atom is -0.403 e. The van der Waals surface area contributed by atoms with Crippen LogP contribution in [0.5, 0.6) is 5.75 Å². The Morgan fingerprint density at radius 1 is 1.12 bits per heavy atom. The fourth-order valence-corrected chi connectivity index (χ4v) is 6.65. The van der Waals surface area contributed by atoms with Gasteiger partial charge < -0.3 is 19.4 Å². The van der Waals surface area contributed by atoms with Gasteiger partial charge in [-0.05, 0) is 62.2 Å². The molecule has 11 heteroatoms. The van der Waals surface area contributed by atoms with Gasteiger partial charge in [-0.15, -0.1) is 13.2 Å². The lowest BCUT2D eigenvalue weighted by atomic mass is 10.0. The second-order valence-corrected chi connectivity index (χ2v) is 14.5. The molecule has 2 heterocycles. The van der Waals surface area contributed by atoms with Crippen LogP contribution in [0.2, 0.25) is 0 Å². The summed E-state index contributed by atoms with van der Waals surface area (Å²) < 4.78 is 59.7. The number of nitrogens with one attached hydrogen (secondary N) is 1. The molecule has 1 aliphatic rings. The Kier molecular flexibility index (Phi) is 7.47. The van der Waals surface area contributed by atoms with Crippen LogP contribution in [0.3, 0.4) is 0 Å². The van der Waals surface area contributed by atoms with E-state index in [0.717, 1.165) is 35.0 Å². The summed E-state index contributed by atoms with van der Waals surface area (Å²) in [6.07, 6.45) is -3.22. The summed E-state index contributed by atoms with van der Waals surface area (Å²) in [5, 5.41) is 16.2. The highest BCUT2D eigenvalue weighted by Gasteiger charge is 2.36. The van der Waals surface area contributed by atoms with Crippen molar-refractivity contribution < 1.29 is 27.6 Å². The van der Waals surface area contributed by atoms with Crippen LogP contribution in [-0.2, 0) is 11.0 Å². The number of alkyl halides is 3. The van der Waals surface area contributed by atoms with Gasteiger partial charge in [0.05, 0.1) is 16.7 Å². The van der Waals surface area contributed by atoms with Crippen LogP contribution in [0.4, 0.5) is 13.2 Å². The zero-order valence-electron chi connectivity index (χ0n) is 24.0. The highest BCUT2D eigenvalue weighted by molar-refractivity contribution is 7.70. The van der Waals surface area contributed by atoms with Crippen LogP contribution < -0.4 is 10.0 Å². The van der Waals surface area contributed by atoms with Crippen molar-refractivity contribution in [2.45, 2.75) is 51.5 Å². The van der Waals surface area contributed by atoms with E-state index in [4.69, 9.17) is 10.1 Å². The molecule has 43 heavy (non-hydrogen) atoms. The minimum atomic E-state index is -4.95. The van der Waals surface area contributed by atoms with Crippen molar-refractivity contribution >= 4 is 23.5 Å². The third kappa shape index (κ3) is 5.86. The molecule has 7 nitrogen and oxygen atoms in total. The summed E-state index contributed by atoms with van der Waals surface area (Å²) in [5.74, 6) is 0.180. The second kappa shape index (κ2) is 11.0. The monoisotopic (exact) mass is 608 g/mol. The van der Waals surface area contributed by atoms with E-state index in [1.807, 2.05) is 55.5 Å². The summed E-state index contributed by atoms with van der Waals surface area (Å²) in [6, 6.07) is 19.6. The van der Waals surface area contributed by atoms with Gasteiger partial charge in [0.1, 0.15) is 24.8 Å². The number of ether oxygens (including phenoxy) is 1. The van der Waals surface area contributed by atoms with Gasteiger partial charge in [-0.25, -0.2) is 9.67 Å². The Hall–Kier alpha value is -3.88. The molecule has 0 amide bonds. The number of para-hydroxylation sites is 1. The summed E-state index contributed by atoms with van der Waals surface area (Å²) in [6.45, 7) is 5.13. The van der Waals surface area contributed by atoms with Crippen molar-refractivity contribution in [1.82, 2.24) is 19.7 Å². The second-order valence-electron chi connectivity index (χ2n) is 11.2. The average molecular weight is 609 g/mol. The number of hydrogen-bond donors (Lipinski definition) is 2. The quantitative estimate of drug-likeness (QED) is 0.170. The molecular weight excluding hydrogens is 576 g/mol. The number of aromatic nitrogens is 4. The van der Waals surface area contributed by atoms with E-state index in [1.54, 1.807) is 19.7 Å². The fraction of sp³-hybridized carbons (Fsp3) is 0.312. The predicted octanol–water partition coefficient (Wildman–Crippen LogP) is 7.41. The molecule has 1 aliphatic carbocycles. The van der Waals surface area contributed by atoms with Crippen molar-refractivity contribution in [3.8, 4) is 22.7 Å². The lowest BCUT2D eigenvalue weighted by molar-refractivity contribution is -0.274. The van der Waals surface area contributed by atoms with E-state index in [2.05, 4.69) is 9.72 Å². The van der Waals surface area contributed by atoms with E-state index in [9.17, 15) is 22.8 Å². The predicted molar refractivity (Wildman–Crippen MR) is 161 cm³/mol. The number of hydrogen-bond acceptors (Lipinski definition) is 5. The smallest absolute Gasteiger partial charge is 0.403 e. The van der Waals surface area contributed by atoms with Crippen molar-refractivity contribution in [3.63, 3.8) is 0 Å². The van der Waals surface area contributed by atoms with Gasteiger partial charge in [0.15, 0.2) is 5.75 Å². The highest BCUT2D eigenvalue weighted by atomic mass is 31.2. The molecular formula is C32H32F3N4O3P. The third-order valence-corrected chi connectivity index (χ3v) is 10.6. The zero-order valence-corrected chi connectivity index (χ0v) is 24.9. The number of nitrogens with zero attached hydrogens (tertiary/aromatic N) is 3. The maximum atomic E-state index is 13.6. The standard InChI is InChI=1S/C32H32F3N4O3P/c1-4-43(3,41)22-15-16-25(27(18-22)42-32(33,34)35)39-19(2)28(21-13-14-21)30(38-39)23-11-8-12-24-29(23)37-31(36-24)26(40)17-20-9-6-5-7-10-20/h5-12,15-16,18,21,26,40H,4,13-14,17H2,1-3H3,(H,36,37)/t26-,43+/m0/s1. The van der Waals surface area contributed by atoms with Crippen LogP contribution in [0, 0.1) is 6.92 Å². The number of halogens is 3. The first-order valence-electron chi connectivity index (χ1n) is 14.2. The van der Waals surface area contributed by atoms with E-state index in [1.165, 1.54) is 16.8 Å². The molecule has 2 atom stereocenters. The van der Waals surface area contributed by atoms with Crippen molar-refractivity contribution in [1.29, 1.82) is 0 Å². The maximum absolute atomic E-state index is 13.6. The van der Waals surface area contributed by atoms with Crippen LogP contribution >= 0.6 is 7.14 Å². The molecule has 224 valence electrons. The molecule has 2 N–H and O–H groups in total. The Labute approximate surface area is 247 Å². The van der Waals surface area contributed by atoms with Gasteiger partial charge in [0.25, 0.3) is 0 Å². The number of aliphatic hydroxyl groups is 1. The lowest BCUT2D eigenvalue weighted by Crippen LogP contribution is -2.20. The largest absolute Gasteiger partial charge is 0.573 e. The van der Waals surface area contributed by atoms with Gasteiger partial charge in [0, 0.05) is 34.7 Å². The van der Waals surface area contributed by atoms with Gasteiger partial charge >= 0.3 is 6.36 Å². The van der Waals surface area contributed by atoms with Crippen LogP contribution in [0.25, 0.3) is 28.0 Å². The average Bonchev–Trinajstić information content (AvgIpc) is 3.60. The first-order valence-corrected chi connectivity index (χ1v) is 16.6. The lowest BCUT2D eigenvalue weighted by Gasteiger charge is -2.18. The third-order valence-electron chi connectivity index (χ3n) is 8.07. The molecule has 2 aromatic heterocycles. The first kappa shape index (κ1) is 29.2. The van der Waals surface area contributed by atoms with Crippen LogP contribution in [0.15, 0.2) is 66.7 Å². The normalized spacial score (nSPS) is 15.9. The van der Waals surface area contributed by atoms with Crippen molar-refractivity contribution in [2.24, 2.45) is 0 Å². The molecule has 1 fully saturated rings. The number of fused-ring (bicyclic) bond motifs is 1. The summed E-state index contributed by atoms with van der Waals surface area (Å²) in [4.78, 5) is 8.01. The van der Waals surface area contributed by atoms with E-state index in [-0.39, 0.29) is 11.6 Å². The highest BCUT2D eigenvalue weighted by Crippen LogP contribution is 2.48. The van der Waals surface area contributed by atoms with Crippen LogP contribution in [0.1, 0.15) is 54.4 Å². The number of imidazole rings is 1. The van der Waals surface area contributed by atoms with Gasteiger partial charge in [-0.3, -0.25) is 0 Å². The molecule has 0 radical (unpaired) electrons. The zero-order chi connectivity index (χ0) is 30.5. The SMILES string of the molecule is CC[P@@](C)(=O)c1ccc(-n2nc(-c3cccc4[nH]c([C@@H](O)Cc5ccccc5)nc34)c(C3CC3)c2C)c(OC(F)(F)F)c1. The van der Waals surface area contributed by atoms with Gasteiger partial charge in [0.2, 0.25) is 0 Å². The minimum absolute atomic E-state index is 0.107. The van der Waals surface area contributed by atoms with Crippen molar-refractivity contribution in [3.05, 3.63) is 89.4 Å². The number of aliphatic hydroxyl groups excluding tert-OH is 1. The van der Waals surface area contributed by atoms with Crippen molar-refractivity contribution in [2.75, 3.05) is 12.8 Å². The summed E-state index contributed by atoms with van der Waals surface area (Å²) >= 11 is 0. The molecule has 3 aromatic carbocycles. The Balaban J connectivity index is 1.47. The molecule has 0 bridgehead atoms. The van der Waals surface area contributed by atoms with Gasteiger partial charge in [-0.2, -0.15) is 5.10 Å². The van der Waals surface area contributed by atoms with Gasteiger partial charge in [-0.1, -0.05) is 49.4 Å². The maximum Gasteiger partial charge on any atom is 0.573 e. The first-order chi connectivity index (χ1) is 20.4. The molecule has 0 spiro atoms. The topological polar surface area (TPSA) is 93.0 Å². The van der Waals surface area contributed by atoms with E-state index >= 15 is 0 Å². The van der Waals surface area contributed by atoms with E-state index in [0.29, 0.717) is 40.6 Å². The molecule has 5 aromatic rings. The number of rotatable bonds is 9. The molecule has 0 unspecified atom stereocenters. The number of benzene rings is 3. The Morgan fingerprint density at radius 2 is 1.86 bits per heavy atom. The molecule has 6 rings (SSSR count). The Morgan fingerprint density at radius 3 is 2.53 bits per heavy atom. The van der Waals surface area contributed by atoms with E-state index < -0.39 is 25.4 Å². The summed E-state index contributed by atoms with van der Waals surface area (Å²) in [7, 11) is -2.86. The molecule has 0 aliphatic heterocycles. The molecule has 0 saturated heterocycles. The summed E-state index contributed by atoms with van der Waals surface area (Å²) in [5.41, 5.74) is 5.40.